The fourth-order valence-electron chi connectivity index (χ4n) is 1.25. The number of allylic oxidation sites excluding steroid dienone is 2. The lowest BCUT2D eigenvalue weighted by Crippen LogP contribution is -1.96. The normalized spacial score (nSPS) is 9.07. The molecule has 2 heteroatoms. The highest BCUT2D eigenvalue weighted by molar-refractivity contribution is 5.34. The Bertz CT molecular complexity index is 386. The second-order valence-corrected chi connectivity index (χ2v) is 2.93. The Morgan fingerprint density at radius 1 is 1.36 bits per heavy atom. The van der Waals surface area contributed by atoms with E-state index in [1.54, 1.807) is 12.3 Å². The molecule has 1 rings (SSSR count). The fraction of sp³-hybridized carbons (Fsp3) is 0.167. The van der Waals surface area contributed by atoms with Gasteiger partial charge >= 0.3 is 0 Å². The van der Waals surface area contributed by atoms with Crippen LogP contribution in [0.15, 0.2) is 37.6 Å². The highest BCUT2D eigenvalue weighted by atomic mass is 14.7. The molecular formula is C12H12N2. The highest BCUT2D eigenvalue weighted by Crippen LogP contribution is 2.10. The van der Waals surface area contributed by atoms with Crippen molar-refractivity contribution in [3.05, 3.63) is 54.4 Å². The van der Waals surface area contributed by atoms with Gasteiger partial charge in [0.1, 0.15) is 6.07 Å². The lowest BCUT2D eigenvalue weighted by atomic mass is 10.1. The minimum atomic E-state index is 0.592. The summed E-state index contributed by atoms with van der Waals surface area (Å²) in [7, 11) is 0. The molecule has 1 aromatic rings. The van der Waals surface area contributed by atoms with E-state index >= 15 is 0 Å². The van der Waals surface area contributed by atoms with Gasteiger partial charge in [0.15, 0.2) is 0 Å². The first-order chi connectivity index (χ1) is 6.81. The Labute approximate surface area is 84.2 Å². The molecule has 0 atom stereocenters. The van der Waals surface area contributed by atoms with Crippen LogP contribution in [-0.4, -0.2) is 4.98 Å². The van der Waals surface area contributed by atoms with E-state index in [1.165, 1.54) is 0 Å². The predicted octanol–water partition coefficient (Wildman–Crippen LogP) is 2.41. The lowest BCUT2D eigenvalue weighted by Gasteiger charge is -2.04. The standard InChI is InChI=1S/C12H12N2/c1-3-5-11-7-10(8-13)9-14-12(11)6-4-2/h3-4,7,9H,1-2,5-6H2. The average molecular weight is 184 g/mol. The number of nitrogens with zero attached hydrogens (tertiary/aromatic N) is 2. The summed E-state index contributed by atoms with van der Waals surface area (Å²) in [6, 6.07) is 3.93. The van der Waals surface area contributed by atoms with E-state index in [2.05, 4.69) is 24.2 Å². The number of rotatable bonds is 4. The molecule has 0 aliphatic rings. The summed E-state index contributed by atoms with van der Waals surface area (Å²) in [5.41, 5.74) is 2.62. The van der Waals surface area contributed by atoms with Gasteiger partial charge in [0, 0.05) is 18.3 Å². The van der Waals surface area contributed by atoms with E-state index in [-0.39, 0.29) is 0 Å². The van der Waals surface area contributed by atoms with Gasteiger partial charge in [0.25, 0.3) is 0 Å². The van der Waals surface area contributed by atoms with Crippen molar-refractivity contribution in [1.82, 2.24) is 4.98 Å². The van der Waals surface area contributed by atoms with Gasteiger partial charge in [-0.25, -0.2) is 0 Å². The molecule has 0 saturated carbocycles. The molecule has 1 aromatic heterocycles. The maximum atomic E-state index is 8.72. The molecular weight excluding hydrogens is 172 g/mol. The molecule has 0 amide bonds. The quantitative estimate of drug-likeness (QED) is 0.674. The van der Waals surface area contributed by atoms with Crippen molar-refractivity contribution in [2.45, 2.75) is 12.8 Å². The van der Waals surface area contributed by atoms with Crippen LogP contribution < -0.4 is 0 Å². The third-order valence-electron chi connectivity index (χ3n) is 1.89. The first-order valence-corrected chi connectivity index (χ1v) is 4.41. The first kappa shape index (κ1) is 10.2. The van der Waals surface area contributed by atoms with Gasteiger partial charge in [-0.1, -0.05) is 12.2 Å². The maximum Gasteiger partial charge on any atom is 0.101 e. The zero-order chi connectivity index (χ0) is 10.4. The topological polar surface area (TPSA) is 36.7 Å². The van der Waals surface area contributed by atoms with Crippen molar-refractivity contribution in [2.75, 3.05) is 0 Å². The summed E-state index contributed by atoms with van der Waals surface area (Å²) in [6.07, 6.45) is 6.68. The van der Waals surface area contributed by atoms with Crippen LogP contribution in [0.1, 0.15) is 16.8 Å². The molecule has 2 nitrogen and oxygen atoms in total. The molecule has 0 unspecified atom stereocenters. The van der Waals surface area contributed by atoms with Gasteiger partial charge in [-0.2, -0.15) is 5.26 Å². The molecule has 0 N–H and O–H groups in total. The number of aromatic nitrogens is 1. The van der Waals surface area contributed by atoms with E-state index in [0.717, 1.165) is 24.1 Å². The maximum absolute atomic E-state index is 8.72. The molecule has 0 fully saturated rings. The SMILES string of the molecule is C=CCc1cc(C#N)cnc1CC=C. The Morgan fingerprint density at radius 3 is 2.64 bits per heavy atom. The van der Waals surface area contributed by atoms with Gasteiger partial charge < -0.3 is 0 Å². The molecule has 0 bridgehead atoms. The Kier molecular flexibility index (Phi) is 3.63. The highest BCUT2D eigenvalue weighted by Gasteiger charge is 2.02. The zero-order valence-electron chi connectivity index (χ0n) is 8.03. The third kappa shape index (κ3) is 2.30. The van der Waals surface area contributed by atoms with E-state index in [0.29, 0.717) is 5.56 Å². The minimum absolute atomic E-state index is 0.592. The second kappa shape index (κ2) is 4.98. The zero-order valence-corrected chi connectivity index (χ0v) is 8.03. The summed E-state index contributed by atoms with van der Waals surface area (Å²) in [4.78, 5) is 4.22. The van der Waals surface area contributed by atoms with E-state index < -0.39 is 0 Å². The van der Waals surface area contributed by atoms with Crippen LogP contribution in [0.25, 0.3) is 0 Å². The molecule has 0 aromatic carbocycles. The Morgan fingerprint density at radius 2 is 2.07 bits per heavy atom. The van der Waals surface area contributed by atoms with Gasteiger partial charge in [0.2, 0.25) is 0 Å². The van der Waals surface area contributed by atoms with Crippen LogP contribution in [0.3, 0.4) is 0 Å². The summed E-state index contributed by atoms with van der Waals surface area (Å²) in [5.74, 6) is 0. The smallest absolute Gasteiger partial charge is 0.101 e. The van der Waals surface area contributed by atoms with Crippen LogP contribution in [0.5, 0.6) is 0 Å². The van der Waals surface area contributed by atoms with Crippen molar-refractivity contribution in [2.24, 2.45) is 0 Å². The van der Waals surface area contributed by atoms with Crippen molar-refractivity contribution in [1.29, 1.82) is 5.26 Å². The second-order valence-electron chi connectivity index (χ2n) is 2.93. The van der Waals surface area contributed by atoms with Gasteiger partial charge in [-0.15, -0.1) is 13.2 Å². The van der Waals surface area contributed by atoms with Crippen LogP contribution in [0, 0.1) is 11.3 Å². The number of nitriles is 1. The summed E-state index contributed by atoms with van der Waals surface area (Å²) in [5, 5.41) is 8.72. The molecule has 0 aliphatic carbocycles. The molecule has 0 saturated heterocycles. The van der Waals surface area contributed by atoms with E-state index in [1.807, 2.05) is 12.1 Å². The van der Waals surface area contributed by atoms with Gasteiger partial charge in [0.05, 0.1) is 5.56 Å². The summed E-state index contributed by atoms with van der Waals surface area (Å²) >= 11 is 0. The number of hydrogen-bond acceptors (Lipinski definition) is 2. The molecule has 14 heavy (non-hydrogen) atoms. The monoisotopic (exact) mass is 184 g/mol. The molecule has 0 aliphatic heterocycles. The predicted molar refractivity (Wildman–Crippen MR) is 56.8 cm³/mol. The van der Waals surface area contributed by atoms with Crippen LogP contribution >= 0.6 is 0 Å². The van der Waals surface area contributed by atoms with Crippen LogP contribution in [0.2, 0.25) is 0 Å². The number of pyridine rings is 1. The van der Waals surface area contributed by atoms with E-state index in [9.17, 15) is 0 Å². The molecule has 0 radical (unpaired) electrons. The summed E-state index contributed by atoms with van der Waals surface area (Å²) in [6.45, 7) is 7.35. The van der Waals surface area contributed by atoms with Crippen molar-refractivity contribution in [3.8, 4) is 6.07 Å². The number of hydrogen-bond donors (Lipinski definition) is 0. The Hall–Kier alpha value is -1.88. The minimum Gasteiger partial charge on any atom is -0.259 e. The lowest BCUT2D eigenvalue weighted by molar-refractivity contribution is 1.04. The van der Waals surface area contributed by atoms with Crippen molar-refractivity contribution < 1.29 is 0 Å². The van der Waals surface area contributed by atoms with Crippen molar-refractivity contribution >= 4 is 0 Å². The molecule has 1 heterocycles. The van der Waals surface area contributed by atoms with Gasteiger partial charge in [-0.05, 0) is 18.1 Å². The van der Waals surface area contributed by atoms with Crippen LogP contribution in [-0.2, 0) is 12.8 Å². The van der Waals surface area contributed by atoms with E-state index in [4.69, 9.17) is 5.26 Å². The molecule has 0 spiro atoms. The largest absolute Gasteiger partial charge is 0.259 e. The first-order valence-electron chi connectivity index (χ1n) is 4.41. The Balaban J connectivity index is 3.10. The summed E-state index contributed by atoms with van der Waals surface area (Å²) < 4.78 is 0. The van der Waals surface area contributed by atoms with Crippen LogP contribution in [0.4, 0.5) is 0 Å². The average Bonchev–Trinajstić information content (AvgIpc) is 2.21. The molecule has 70 valence electrons. The third-order valence-corrected chi connectivity index (χ3v) is 1.89. The fourth-order valence-corrected chi connectivity index (χ4v) is 1.25. The van der Waals surface area contributed by atoms with Crippen molar-refractivity contribution in [3.63, 3.8) is 0 Å². The van der Waals surface area contributed by atoms with Gasteiger partial charge in [-0.3, -0.25) is 4.98 Å².